The summed E-state index contributed by atoms with van der Waals surface area (Å²) in [5.41, 5.74) is -0.472. The molecule has 0 saturated heterocycles. The molecule has 2 fully saturated rings. The van der Waals surface area contributed by atoms with Crippen LogP contribution in [-0.2, 0) is 14.4 Å². The Morgan fingerprint density at radius 2 is 2.00 bits per heavy atom. The van der Waals surface area contributed by atoms with E-state index < -0.39 is 17.7 Å². The second-order valence-electron chi connectivity index (χ2n) is 6.52. The van der Waals surface area contributed by atoms with E-state index in [9.17, 15) is 15.2 Å². The van der Waals surface area contributed by atoms with Crippen LogP contribution in [0.15, 0.2) is 24.3 Å². The van der Waals surface area contributed by atoms with Crippen LogP contribution in [0.1, 0.15) is 39.0 Å². The molecule has 118 valence electrons. The lowest BCUT2D eigenvalue weighted by molar-refractivity contribution is -0.357. The summed E-state index contributed by atoms with van der Waals surface area (Å²) in [5.74, 6) is -0.599. The molecule has 2 aliphatic carbocycles. The molecule has 2 aliphatic rings. The van der Waals surface area contributed by atoms with Crippen molar-refractivity contribution < 1.29 is 24.8 Å². The fourth-order valence-corrected chi connectivity index (χ4v) is 3.94. The molecular formula is C16H24O5. The standard InChI is InChI=1S/C16H24O5/c1-10(14(18)20-4)12-5-7-15(3)8-6-13(17)11(2)16(15,9-12)21-19/h12-13,17,19H,1-2,5-9H2,3-4H3. The molecule has 0 aliphatic heterocycles. The zero-order valence-corrected chi connectivity index (χ0v) is 12.7. The molecule has 2 N–H and O–H groups in total. The van der Waals surface area contributed by atoms with Crippen molar-refractivity contribution in [2.75, 3.05) is 7.11 Å². The number of aliphatic hydroxyl groups is 1. The minimum absolute atomic E-state index is 0.153. The van der Waals surface area contributed by atoms with Gasteiger partial charge < -0.3 is 9.84 Å². The highest BCUT2D eigenvalue weighted by molar-refractivity contribution is 5.88. The molecule has 0 bridgehead atoms. The number of ether oxygens (including phenoxy) is 1. The Morgan fingerprint density at radius 3 is 2.57 bits per heavy atom. The highest BCUT2D eigenvalue weighted by atomic mass is 17.1. The van der Waals surface area contributed by atoms with E-state index >= 15 is 0 Å². The van der Waals surface area contributed by atoms with Crippen LogP contribution < -0.4 is 0 Å². The van der Waals surface area contributed by atoms with Gasteiger partial charge in [0.1, 0.15) is 5.60 Å². The Kier molecular flexibility index (Phi) is 4.29. The Bertz CT molecular complexity index is 471. The zero-order chi connectivity index (χ0) is 15.8. The van der Waals surface area contributed by atoms with Crippen LogP contribution >= 0.6 is 0 Å². The van der Waals surface area contributed by atoms with Crippen molar-refractivity contribution in [3.8, 4) is 0 Å². The molecule has 2 saturated carbocycles. The van der Waals surface area contributed by atoms with E-state index in [1.807, 2.05) is 6.92 Å². The number of fused-ring (bicyclic) bond motifs is 1. The quantitative estimate of drug-likeness (QED) is 0.275. The Labute approximate surface area is 125 Å². The van der Waals surface area contributed by atoms with Gasteiger partial charge in [0, 0.05) is 11.0 Å². The molecule has 0 radical (unpaired) electrons. The van der Waals surface area contributed by atoms with Crippen molar-refractivity contribution in [3.63, 3.8) is 0 Å². The number of rotatable bonds is 3. The first-order valence-electron chi connectivity index (χ1n) is 7.28. The second-order valence-corrected chi connectivity index (χ2v) is 6.52. The van der Waals surface area contributed by atoms with E-state index in [2.05, 4.69) is 13.2 Å². The predicted octanol–water partition coefficient (Wildman–Crippen LogP) is 2.46. The van der Waals surface area contributed by atoms with E-state index in [-0.39, 0.29) is 11.3 Å². The fraction of sp³-hybridized carbons (Fsp3) is 0.688. The van der Waals surface area contributed by atoms with Gasteiger partial charge in [-0.3, -0.25) is 5.26 Å². The molecule has 21 heavy (non-hydrogen) atoms. The minimum Gasteiger partial charge on any atom is -0.466 e. The van der Waals surface area contributed by atoms with Crippen molar-refractivity contribution in [3.05, 3.63) is 24.3 Å². The van der Waals surface area contributed by atoms with Crippen LogP contribution in [0.5, 0.6) is 0 Å². The molecule has 0 aromatic heterocycles. The summed E-state index contributed by atoms with van der Waals surface area (Å²) in [6.07, 6.45) is 2.58. The lowest BCUT2D eigenvalue weighted by Gasteiger charge is -2.56. The van der Waals surface area contributed by atoms with Gasteiger partial charge in [-0.25, -0.2) is 9.68 Å². The Hall–Kier alpha value is -1.17. The molecular weight excluding hydrogens is 272 g/mol. The van der Waals surface area contributed by atoms with E-state index in [1.54, 1.807) is 0 Å². The molecule has 5 heteroatoms. The Morgan fingerprint density at radius 1 is 1.38 bits per heavy atom. The average molecular weight is 296 g/mol. The molecule has 0 heterocycles. The summed E-state index contributed by atoms with van der Waals surface area (Å²) < 4.78 is 4.73. The highest BCUT2D eigenvalue weighted by Crippen LogP contribution is 2.58. The maximum Gasteiger partial charge on any atom is 0.333 e. The lowest BCUT2D eigenvalue weighted by atomic mass is 9.52. The van der Waals surface area contributed by atoms with Crippen LogP contribution in [0.2, 0.25) is 0 Å². The number of hydrogen-bond acceptors (Lipinski definition) is 5. The maximum absolute atomic E-state index is 11.7. The van der Waals surface area contributed by atoms with Crippen LogP contribution in [0, 0.1) is 11.3 Å². The molecule has 0 aromatic carbocycles. The van der Waals surface area contributed by atoms with Crippen LogP contribution in [-0.4, -0.2) is 35.1 Å². The lowest BCUT2D eigenvalue weighted by Crippen LogP contribution is -2.58. The van der Waals surface area contributed by atoms with Crippen molar-refractivity contribution >= 4 is 5.97 Å². The third-order valence-corrected chi connectivity index (χ3v) is 5.54. The summed E-state index contributed by atoms with van der Waals surface area (Å²) in [7, 11) is 1.32. The van der Waals surface area contributed by atoms with E-state index in [0.29, 0.717) is 24.0 Å². The second kappa shape index (κ2) is 5.55. The topological polar surface area (TPSA) is 76.0 Å². The maximum atomic E-state index is 11.7. The normalized spacial score (nSPS) is 39.5. The predicted molar refractivity (Wildman–Crippen MR) is 77.4 cm³/mol. The summed E-state index contributed by atoms with van der Waals surface area (Å²) in [4.78, 5) is 16.6. The Balaban J connectivity index is 2.33. The number of carbonyl (C=O) groups is 1. The fourth-order valence-electron chi connectivity index (χ4n) is 3.94. The summed E-state index contributed by atoms with van der Waals surface area (Å²) in [5, 5.41) is 19.7. The van der Waals surface area contributed by atoms with Crippen molar-refractivity contribution in [2.45, 2.75) is 50.7 Å². The number of aliphatic hydroxyl groups excluding tert-OH is 1. The first-order chi connectivity index (χ1) is 9.81. The third kappa shape index (κ3) is 2.33. The van der Waals surface area contributed by atoms with Gasteiger partial charge in [0.25, 0.3) is 0 Å². The number of esters is 1. The summed E-state index contributed by atoms with van der Waals surface area (Å²) in [6, 6.07) is 0. The van der Waals surface area contributed by atoms with E-state index in [1.165, 1.54) is 7.11 Å². The van der Waals surface area contributed by atoms with Gasteiger partial charge in [-0.05, 0) is 43.6 Å². The highest BCUT2D eigenvalue weighted by Gasteiger charge is 2.59. The first-order valence-corrected chi connectivity index (χ1v) is 7.28. The number of hydrogen-bond donors (Lipinski definition) is 2. The van der Waals surface area contributed by atoms with Gasteiger partial charge in [-0.1, -0.05) is 20.1 Å². The largest absolute Gasteiger partial charge is 0.466 e. The van der Waals surface area contributed by atoms with Crippen LogP contribution in [0.3, 0.4) is 0 Å². The van der Waals surface area contributed by atoms with Gasteiger partial charge in [0.2, 0.25) is 0 Å². The molecule has 5 nitrogen and oxygen atoms in total. The summed E-state index contributed by atoms with van der Waals surface area (Å²) >= 11 is 0. The van der Waals surface area contributed by atoms with Gasteiger partial charge >= 0.3 is 5.97 Å². The molecule has 0 spiro atoms. The monoisotopic (exact) mass is 296 g/mol. The number of carbonyl (C=O) groups excluding carboxylic acids is 1. The number of methoxy groups -OCH3 is 1. The van der Waals surface area contributed by atoms with Crippen molar-refractivity contribution in [1.82, 2.24) is 0 Å². The molecule has 4 atom stereocenters. The van der Waals surface area contributed by atoms with Gasteiger partial charge in [0.15, 0.2) is 0 Å². The van der Waals surface area contributed by atoms with Crippen LogP contribution in [0.4, 0.5) is 0 Å². The van der Waals surface area contributed by atoms with Gasteiger partial charge in [-0.15, -0.1) is 0 Å². The third-order valence-electron chi connectivity index (χ3n) is 5.54. The minimum atomic E-state index is -1.04. The van der Waals surface area contributed by atoms with E-state index in [0.717, 1.165) is 19.3 Å². The average Bonchev–Trinajstić information content (AvgIpc) is 2.50. The molecule has 2 rings (SSSR count). The first kappa shape index (κ1) is 16.2. The van der Waals surface area contributed by atoms with Gasteiger partial charge in [-0.2, -0.15) is 0 Å². The smallest absolute Gasteiger partial charge is 0.333 e. The molecule has 4 unspecified atom stereocenters. The molecule has 0 aromatic rings. The van der Waals surface area contributed by atoms with Crippen molar-refractivity contribution in [1.29, 1.82) is 0 Å². The van der Waals surface area contributed by atoms with E-state index in [4.69, 9.17) is 9.62 Å². The van der Waals surface area contributed by atoms with Gasteiger partial charge in [0.05, 0.1) is 13.2 Å². The SMILES string of the molecule is C=C(C(=O)OC)C1CCC2(C)CCC(O)C(=C)C2(OO)C1. The van der Waals surface area contributed by atoms with Crippen molar-refractivity contribution in [2.24, 2.45) is 11.3 Å². The van der Waals surface area contributed by atoms with Crippen LogP contribution in [0.25, 0.3) is 0 Å². The molecule has 0 amide bonds. The zero-order valence-electron chi connectivity index (χ0n) is 12.7. The summed E-state index contributed by atoms with van der Waals surface area (Å²) in [6.45, 7) is 9.80.